The maximum absolute atomic E-state index is 11.7. The fourth-order valence-electron chi connectivity index (χ4n) is 2.02. The van der Waals surface area contributed by atoms with Gasteiger partial charge in [-0.1, -0.05) is 12.1 Å². The highest BCUT2D eigenvalue weighted by molar-refractivity contribution is 5.82. The van der Waals surface area contributed by atoms with Gasteiger partial charge in [0.05, 0.1) is 18.1 Å². The van der Waals surface area contributed by atoms with Crippen LogP contribution in [0.15, 0.2) is 24.3 Å². The maximum atomic E-state index is 11.7. The minimum Gasteiger partial charge on any atom is -0.468 e. The number of hydrogen-bond donors (Lipinski definition) is 1. The van der Waals surface area contributed by atoms with Gasteiger partial charge in [-0.05, 0) is 19.1 Å². The van der Waals surface area contributed by atoms with Crippen LogP contribution < -0.4 is 5.32 Å². The Balaban J connectivity index is 1.97. The number of ether oxygens (including phenoxy) is 1. The molecule has 1 heterocycles. The summed E-state index contributed by atoms with van der Waals surface area (Å²) in [6, 6.07) is 7.79. The minimum absolute atomic E-state index is 0.0982. The topological polar surface area (TPSA) is 73.2 Å². The van der Waals surface area contributed by atoms with Gasteiger partial charge >= 0.3 is 5.97 Å². The zero-order valence-electron chi connectivity index (χ0n) is 11.5. The number of imidazole rings is 1. The summed E-state index contributed by atoms with van der Waals surface area (Å²) < 4.78 is 6.45. The number of methoxy groups -OCH3 is 1. The quantitative estimate of drug-likeness (QED) is 0.827. The van der Waals surface area contributed by atoms with Crippen LogP contribution in [0.3, 0.4) is 0 Å². The summed E-state index contributed by atoms with van der Waals surface area (Å²) in [5.41, 5.74) is 1.92. The summed E-state index contributed by atoms with van der Waals surface area (Å²) >= 11 is 0. The van der Waals surface area contributed by atoms with Gasteiger partial charge in [0.25, 0.3) is 0 Å². The van der Waals surface area contributed by atoms with Crippen molar-refractivity contribution in [2.45, 2.75) is 19.9 Å². The predicted molar refractivity (Wildman–Crippen MR) is 74.1 cm³/mol. The van der Waals surface area contributed by atoms with E-state index in [0.29, 0.717) is 6.54 Å². The second-order valence-corrected chi connectivity index (χ2v) is 4.40. The van der Waals surface area contributed by atoms with Crippen molar-refractivity contribution in [1.82, 2.24) is 14.9 Å². The number of rotatable bonds is 5. The molecule has 1 aromatic carbocycles. The van der Waals surface area contributed by atoms with E-state index in [2.05, 4.69) is 15.0 Å². The first-order chi connectivity index (χ1) is 9.61. The van der Waals surface area contributed by atoms with Crippen molar-refractivity contribution in [3.8, 4) is 0 Å². The van der Waals surface area contributed by atoms with Crippen molar-refractivity contribution in [3.63, 3.8) is 0 Å². The van der Waals surface area contributed by atoms with Gasteiger partial charge in [-0.25, -0.2) is 4.98 Å². The van der Waals surface area contributed by atoms with Crippen molar-refractivity contribution < 1.29 is 14.3 Å². The molecule has 0 bridgehead atoms. The molecule has 0 atom stereocenters. The Bertz CT molecular complexity index is 634. The van der Waals surface area contributed by atoms with Crippen LogP contribution in [0.4, 0.5) is 0 Å². The van der Waals surface area contributed by atoms with Crippen LogP contribution >= 0.6 is 0 Å². The predicted octanol–water partition coefficient (Wildman–Crippen LogP) is 1.02. The summed E-state index contributed by atoms with van der Waals surface area (Å²) in [6.07, 6.45) is 0.290. The molecule has 1 aromatic heterocycles. The molecule has 6 nitrogen and oxygen atoms in total. The normalized spacial score (nSPS) is 10.5. The third-order valence-electron chi connectivity index (χ3n) is 3.07. The number of benzene rings is 1. The van der Waals surface area contributed by atoms with E-state index < -0.39 is 5.97 Å². The van der Waals surface area contributed by atoms with Crippen LogP contribution in [0.1, 0.15) is 12.2 Å². The summed E-state index contributed by atoms with van der Waals surface area (Å²) in [5, 5.41) is 2.52. The second kappa shape index (κ2) is 6.18. The van der Waals surface area contributed by atoms with E-state index in [-0.39, 0.29) is 18.9 Å². The summed E-state index contributed by atoms with van der Waals surface area (Å²) in [4.78, 5) is 27.0. The van der Waals surface area contributed by atoms with Crippen LogP contribution in [-0.4, -0.2) is 35.1 Å². The van der Waals surface area contributed by atoms with Crippen LogP contribution in [0.2, 0.25) is 0 Å². The maximum Gasteiger partial charge on any atom is 0.325 e. The van der Waals surface area contributed by atoms with Gasteiger partial charge in [-0.15, -0.1) is 0 Å². The summed E-state index contributed by atoms with van der Waals surface area (Å²) in [6.45, 7) is 2.34. The van der Waals surface area contributed by atoms with E-state index in [9.17, 15) is 9.59 Å². The molecule has 1 amide bonds. The molecule has 106 valence electrons. The molecule has 0 spiro atoms. The Kier molecular flexibility index (Phi) is 4.34. The first-order valence-corrected chi connectivity index (χ1v) is 6.37. The number of aryl methyl sites for hydroxylation is 2. The highest BCUT2D eigenvalue weighted by Crippen LogP contribution is 2.15. The van der Waals surface area contributed by atoms with E-state index in [1.54, 1.807) is 0 Å². The molecule has 6 heteroatoms. The zero-order valence-corrected chi connectivity index (χ0v) is 11.5. The number of amides is 1. The molecule has 1 N–H and O–H groups in total. The Labute approximate surface area is 116 Å². The van der Waals surface area contributed by atoms with Crippen molar-refractivity contribution in [2.24, 2.45) is 0 Å². The van der Waals surface area contributed by atoms with E-state index in [1.807, 2.05) is 35.8 Å². The monoisotopic (exact) mass is 275 g/mol. The molecule has 0 saturated carbocycles. The Morgan fingerprint density at radius 1 is 1.35 bits per heavy atom. The summed E-state index contributed by atoms with van der Waals surface area (Å²) in [5.74, 6) is 0.224. The Hall–Kier alpha value is -2.37. The number of aromatic nitrogens is 2. The van der Waals surface area contributed by atoms with Crippen LogP contribution in [0, 0.1) is 6.92 Å². The van der Waals surface area contributed by atoms with Gasteiger partial charge in [0.1, 0.15) is 12.4 Å². The Morgan fingerprint density at radius 2 is 2.10 bits per heavy atom. The van der Waals surface area contributed by atoms with Crippen LogP contribution in [-0.2, 0) is 20.9 Å². The van der Waals surface area contributed by atoms with E-state index in [0.717, 1.165) is 16.9 Å². The van der Waals surface area contributed by atoms with Crippen LogP contribution in [0.5, 0.6) is 0 Å². The standard InChI is InChI=1S/C14H17N3O3/c1-10-16-11-5-3-4-6-12(11)17(10)8-7-13(18)15-9-14(19)20-2/h3-6H,7-9H2,1-2H3,(H,15,18). The second-order valence-electron chi connectivity index (χ2n) is 4.40. The largest absolute Gasteiger partial charge is 0.468 e. The highest BCUT2D eigenvalue weighted by Gasteiger charge is 2.09. The van der Waals surface area contributed by atoms with Gasteiger partial charge in [-0.2, -0.15) is 0 Å². The minimum atomic E-state index is -0.456. The molecule has 0 saturated heterocycles. The highest BCUT2D eigenvalue weighted by atomic mass is 16.5. The lowest BCUT2D eigenvalue weighted by Gasteiger charge is -2.07. The van der Waals surface area contributed by atoms with E-state index in [1.165, 1.54) is 7.11 Å². The first kappa shape index (κ1) is 14.0. The van der Waals surface area contributed by atoms with Crippen molar-refractivity contribution in [2.75, 3.05) is 13.7 Å². The Morgan fingerprint density at radius 3 is 2.85 bits per heavy atom. The van der Waals surface area contributed by atoms with E-state index >= 15 is 0 Å². The van der Waals surface area contributed by atoms with Crippen molar-refractivity contribution in [3.05, 3.63) is 30.1 Å². The molecular weight excluding hydrogens is 258 g/mol. The number of nitrogens with zero attached hydrogens (tertiary/aromatic N) is 2. The number of esters is 1. The molecule has 2 rings (SSSR count). The van der Waals surface area contributed by atoms with Crippen molar-refractivity contribution in [1.29, 1.82) is 0 Å². The lowest BCUT2D eigenvalue weighted by Crippen LogP contribution is -2.30. The average molecular weight is 275 g/mol. The number of fused-ring (bicyclic) bond motifs is 1. The lowest BCUT2D eigenvalue weighted by molar-refractivity contribution is -0.141. The van der Waals surface area contributed by atoms with Crippen molar-refractivity contribution >= 4 is 22.9 Å². The fourth-order valence-corrected chi connectivity index (χ4v) is 2.02. The summed E-state index contributed by atoms with van der Waals surface area (Å²) in [7, 11) is 1.29. The molecule has 0 aliphatic rings. The van der Waals surface area contributed by atoms with Gasteiger partial charge in [0, 0.05) is 13.0 Å². The molecule has 0 radical (unpaired) electrons. The van der Waals surface area contributed by atoms with E-state index in [4.69, 9.17) is 0 Å². The third-order valence-corrected chi connectivity index (χ3v) is 3.07. The number of nitrogens with one attached hydrogen (secondary N) is 1. The number of para-hydroxylation sites is 2. The molecule has 0 aliphatic heterocycles. The molecule has 0 unspecified atom stereocenters. The molecule has 0 aliphatic carbocycles. The van der Waals surface area contributed by atoms with Gasteiger partial charge in [0.15, 0.2) is 0 Å². The first-order valence-electron chi connectivity index (χ1n) is 6.37. The zero-order chi connectivity index (χ0) is 14.5. The van der Waals surface area contributed by atoms with Gasteiger partial charge < -0.3 is 14.6 Å². The third kappa shape index (κ3) is 3.14. The van der Waals surface area contributed by atoms with Gasteiger partial charge in [0.2, 0.25) is 5.91 Å². The number of carbonyl (C=O) groups is 2. The number of hydrogen-bond acceptors (Lipinski definition) is 4. The number of carbonyl (C=O) groups excluding carboxylic acids is 2. The average Bonchev–Trinajstić information content (AvgIpc) is 2.78. The lowest BCUT2D eigenvalue weighted by atomic mass is 10.3. The van der Waals surface area contributed by atoms with Crippen LogP contribution in [0.25, 0.3) is 11.0 Å². The SMILES string of the molecule is COC(=O)CNC(=O)CCn1c(C)nc2ccccc21. The molecule has 0 fully saturated rings. The molecule has 20 heavy (non-hydrogen) atoms. The molecule has 2 aromatic rings. The fraction of sp³-hybridized carbons (Fsp3) is 0.357. The smallest absolute Gasteiger partial charge is 0.325 e. The molecular formula is C14H17N3O3. The van der Waals surface area contributed by atoms with Gasteiger partial charge in [-0.3, -0.25) is 9.59 Å².